The third kappa shape index (κ3) is 5.76. The fourth-order valence-electron chi connectivity index (χ4n) is 3.97. The van der Waals surface area contributed by atoms with Crippen LogP contribution in [0, 0.1) is 24.8 Å². The molecule has 0 aromatic heterocycles. The maximum absolute atomic E-state index is 13.2. The van der Waals surface area contributed by atoms with Crippen LogP contribution in [0.2, 0.25) is 0 Å². The number of anilines is 1. The molecule has 1 atom stereocenters. The SMILES string of the molecule is [C-]#[N+]/C(C#N)=C(\Nc1cccc(C)c1)NC1CCCCN(CC(=O)N2CCCC2)C1=O. The monoisotopic (exact) mass is 420 g/mol. The topological polar surface area (TPSA) is 92.8 Å². The van der Waals surface area contributed by atoms with Gasteiger partial charge in [-0.25, -0.2) is 10.1 Å². The number of hydrogen-bond donors (Lipinski definition) is 2. The van der Waals surface area contributed by atoms with Crippen molar-refractivity contribution in [1.82, 2.24) is 15.1 Å². The summed E-state index contributed by atoms with van der Waals surface area (Å²) in [5.74, 6) is 0.0315. The van der Waals surface area contributed by atoms with E-state index in [0.717, 1.165) is 50.0 Å². The first-order chi connectivity index (χ1) is 15.0. The van der Waals surface area contributed by atoms with Gasteiger partial charge in [0.1, 0.15) is 11.9 Å². The Hall–Kier alpha value is -3.52. The lowest BCUT2D eigenvalue weighted by atomic mass is 10.1. The molecule has 2 fully saturated rings. The van der Waals surface area contributed by atoms with Crippen molar-refractivity contribution in [2.75, 3.05) is 31.5 Å². The van der Waals surface area contributed by atoms with Crippen molar-refractivity contribution in [1.29, 1.82) is 5.26 Å². The van der Waals surface area contributed by atoms with E-state index in [1.165, 1.54) is 0 Å². The summed E-state index contributed by atoms with van der Waals surface area (Å²) in [6.45, 7) is 11.4. The molecule has 8 nitrogen and oxygen atoms in total. The third-order valence-electron chi connectivity index (χ3n) is 5.63. The predicted molar refractivity (Wildman–Crippen MR) is 117 cm³/mol. The standard InChI is InChI=1S/C23H28N6O2/c1-17-8-7-9-18(14-17)26-22(20(15-24)25-2)27-19-10-3-4-13-29(23(19)31)16-21(30)28-11-5-6-12-28/h7-9,14,19,26-27H,3-6,10-13,16H2,1H3/b22-20+. The summed E-state index contributed by atoms with van der Waals surface area (Å²) in [4.78, 5) is 32.5. The quantitative estimate of drug-likeness (QED) is 0.545. The molecule has 3 rings (SSSR count). The second-order valence-corrected chi connectivity index (χ2v) is 7.98. The Morgan fingerprint density at radius 1 is 1.26 bits per heavy atom. The number of nitrogens with one attached hydrogen (secondary N) is 2. The van der Waals surface area contributed by atoms with E-state index in [2.05, 4.69) is 15.5 Å². The molecule has 2 saturated heterocycles. The molecule has 0 saturated carbocycles. The Morgan fingerprint density at radius 3 is 2.68 bits per heavy atom. The number of carbonyl (C=O) groups is 2. The zero-order valence-electron chi connectivity index (χ0n) is 17.9. The summed E-state index contributed by atoms with van der Waals surface area (Å²) in [7, 11) is 0. The molecule has 0 spiro atoms. The highest BCUT2D eigenvalue weighted by Gasteiger charge is 2.31. The molecular weight excluding hydrogens is 392 g/mol. The number of benzene rings is 1. The second-order valence-electron chi connectivity index (χ2n) is 7.98. The van der Waals surface area contributed by atoms with Crippen molar-refractivity contribution in [3.63, 3.8) is 0 Å². The second kappa shape index (κ2) is 10.5. The molecule has 0 radical (unpaired) electrons. The lowest BCUT2D eigenvalue weighted by molar-refractivity contribution is -0.140. The highest BCUT2D eigenvalue weighted by molar-refractivity contribution is 5.88. The van der Waals surface area contributed by atoms with Gasteiger partial charge in [0.15, 0.2) is 0 Å². The first-order valence-electron chi connectivity index (χ1n) is 10.7. The van der Waals surface area contributed by atoms with Gasteiger partial charge in [0.05, 0.1) is 19.2 Å². The Morgan fingerprint density at radius 2 is 2.00 bits per heavy atom. The van der Waals surface area contributed by atoms with Gasteiger partial charge in [-0.2, -0.15) is 0 Å². The van der Waals surface area contributed by atoms with Crippen molar-refractivity contribution in [3.05, 3.63) is 52.8 Å². The molecule has 2 heterocycles. The Balaban J connectivity index is 1.76. The van der Waals surface area contributed by atoms with Crippen LogP contribution in [0.1, 0.15) is 37.7 Å². The molecule has 8 heteroatoms. The first-order valence-corrected chi connectivity index (χ1v) is 10.7. The lowest BCUT2D eigenvalue weighted by Gasteiger charge is -2.28. The van der Waals surface area contributed by atoms with E-state index < -0.39 is 6.04 Å². The molecule has 0 bridgehead atoms. The van der Waals surface area contributed by atoms with Gasteiger partial charge in [0.25, 0.3) is 0 Å². The molecule has 1 aromatic carbocycles. The average Bonchev–Trinajstić information content (AvgIpc) is 3.24. The van der Waals surface area contributed by atoms with Crippen molar-refractivity contribution >= 4 is 17.5 Å². The highest BCUT2D eigenvalue weighted by atomic mass is 16.2. The number of nitrogens with zero attached hydrogens (tertiary/aromatic N) is 4. The van der Waals surface area contributed by atoms with Crippen LogP contribution >= 0.6 is 0 Å². The number of rotatable bonds is 6. The Bertz CT molecular complexity index is 920. The van der Waals surface area contributed by atoms with Crippen molar-refractivity contribution in [2.24, 2.45) is 0 Å². The lowest BCUT2D eigenvalue weighted by Crippen LogP contribution is -2.49. The number of hydrogen-bond acceptors (Lipinski definition) is 5. The zero-order valence-corrected chi connectivity index (χ0v) is 17.9. The van der Waals surface area contributed by atoms with Crippen LogP contribution in [0.25, 0.3) is 4.85 Å². The first kappa shape index (κ1) is 22.2. The predicted octanol–water partition coefficient (Wildman–Crippen LogP) is 2.61. The molecule has 31 heavy (non-hydrogen) atoms. The summed E-state index contributed by atoms with van der Waals surface area (Å²) in [5.41, 5.74) is 1.61. The maximum Gasteiger partial charge on any atom is 0.300 e. The number of likely N-dealkylation sites (tertiary alicyclic amines) is 2. The van der Waals surface area contributed by atoms with Gasteiger partial charge in [0, 0.05) is 25.3 Å². The minimum absolute atomic E-state index is 0.0148. The maximum atomic E-state index is 13.2. The molecule has 0 aliphatic carbocycles. The number of amides is 2. The van der Waals surface area contributed by atoms with Crippen LogP contribution in [0.3, 0.4) is 0 Å². The normalized spacial score (nSPS) is 19.7. The van der Waals surface area contributed by atoms with E-state index in [9.17, 15) is 14.9 Å². The molecule has 2 N–H and O–H groups in total. The fourth-order valence-corrected chi connectivity index (χ4v) is 3.97. The molecule has 2 amide bonds. The molecule has 162 valence electrons. The highest BCUT2D eigenvalue weighted by Crippen LogP contribution is 2.18. The average molecular weight is 421 g/mol. The Kier molecular flexibility index (Phi) is 7.50. The zero-order chi connectivity index (χ0) is 22.2. The van der Waals surface area contributed by atoms with E-state index >= 15 is 0 Å². The summed E-state index contributed by atoms with van der Waals surface area (Å²) in [5, 5.41) is 15.6. The molecule has 2 aliphatic heterocycles. The van der Waals surface area contributed by atoms with Gasteiger partial charge in [-0.1, -0.05) is 12.1 Å². The molecular formula is C23H28N6O2. The minimum atomic E-state index is -0.605. The largest absolute Gasteiger partial charge is 0.368 e. The van der Waals surface area contributed by atoms with E-state index in [0.29, 0.717) is 13.0 Å². The van der Waals surface area contributed by atoms with E-state index in [4.69, 9.17) is 6.57 Å². The number of aryl methyl sites for hydroxylation is 1. The minimum Gasteiger partial charge on any atom is -0.368 e. The van der Waals surface area contributed by atoms with E-state index in [-0.39, 0.29) is 29.9 Å². The smallest absolute Gasteiger partial charge is 0.300 e. The van der Waals surface area contributed by atoms with Gasteiger partial charge in [-0.3, -0.25) is 9.59 Å². The molecule has 1 aromatic rings. The van der Waals surface area contributed by atoms with Crippen LogP contribution in [-0.4, -0.2) is 53.8 Å². The van der Waals surface area contributed by atoms with Crippen molar-refractivity contribution in [2.45, 2.75) is 45.1 Å². The van der Waals surface area contributed by atoms with Gasteiger partial charge in [0.2, 0.25) is 11.8 Å². The van der Waals surface area contributed by atoms with Crippen LogP contribution in [0.4, 0.5) is 5.69 Å². The summed E-state index contributed by atoms with van der Waals surface area (Å²) >= 11 is 0. The number of carbonyl (C=O) groups excluding carboxylic acids is 2. The van der Waals surface area contributed by atoms with Crippen molar-refractivity contribution < 1.29 is 9.59 Å². The number of nitriles is 1. The van der Waals surface area contributed by atoms with Gasteiger partial charge in [-0.15, -0.1) is 0 Å². The third-order valence-corrected chi connectivity index (χ3v) is 5.63. The summed E-state index contributed by atoms with van der Waals surface area (Å²) < 4.78 is 0. The fraction of sp³-hybridized carbons (Fsp3) is 0.478. The molecule has 1 unspecified atom stereocenters. The van der Waals surface area contributed by atoms with Gasteiger partial charge in [-0.05, 0) is 56.7 Å². The molecule has 2 aliphatic rings. The summed E-state index contributed by atoms with van der Waals surface area (Å²) in [6, 6.07) is 8.86. The Labute approximate surface area is 183 Å². The summed E-state index contributed by atoms with van der Waals surface area (Å²) in [6.07, 6.45) is 4.22. The van der Waals surface area contributed by atoms with Gasteiger partial charge < -0.3 is 20.4 Å². The number of allylic oxidation sites excluding steroid dienone is 1. The van der Waals surface area contributed by atoms with Crippen molar-refractivity contribution in [3.8, 4) is 6.07 Å². The van der Waals surface area contributed by atoms with E-state index in [1.807, 2.05) is 42.2 Å². The van der Waals surface area contributed by atoms with Crippen LogP contribution in [0.5, 0.6) is 0 Å². The van der Waals surface area contributed by atoms with E-state index in [1.54, 1.807) is 4.90 Å². The van der Waals surface area contributed by atoms with Crippen LogP contribution in [0.15, 0.2) is 35.8 Å². The van der Waals surface area contributed by atoms with Crippen LogP contribution < -0.4 is 10.6 Å². The van der Waals surface area contributed by atoms with Gasteiger partial charge >= 0.3 is 5.70 Å². The van der Waals surface area contributed by atoms with Crippen LogP contribution in [-0.2, 0) is 9.59 Å².